The molecule has 4 heteroatoms. The summed E-state index contributed by atoms with van der Waals surface area (Å²) >= 11 is 0. The Labute approximate surface area is 71.2 Å². The van der Waals surface area contributed by atoms with E-state index in [-0.39, 0.29) is 6.04 Å². The van der Waals surface area contributed by atoms with E-state index in [4.69, 9.17) is 5.73 Å². The monoisotopic (exact) mass is 164 g/mol. The van der Waals surface area contributed by atoms with Crippen molar-refractivity contribution in [3.8, 4) is 0 Å². The molecular formula is C8H12N4. The topological polar surface area (TPSA) is 64.7 Å². The van der Waals surface area contributed by atoms with E-state index in [1.807, 2.05) is 6.92 Å². The summed E-state index contributed by atoms with van der Waals surface area (Å²) in [5, 5.41) is 8.05. The lowest BCUT2D eigenvalue weighted by Gasteiger charge is -2.03. The van der Waals surface area contributed by atoms with Gasteiger partial charge in [-0.25, -0.2) is 4.98 Å². The van der Waals surface area contributed by atoms with Gasteiger partial charge in [-0.15, -0.1) is 5.10 Å². The third-order valence-corrected chi connectivity index (χ3v) is 2.09. The quantitative estimate of drug-likeness (QED) is 0.651. The smallest absolute Gasteiger partial charge is 0.167 e. The molecule has 0 saturated heterocycles. The lowest BCUT2D eigenvalue weighted by molar-refractivity contribution is 0.692. The number of aryl methyl sites for hydroxylation is 2. The van der Waals surface area contributed by atoms with Gasteiger partial charge in [0.25, 0.3) is 0 Å². The summed E-state index contributed by atoms with van der Waals surface area (Å²) in [6, 6.07) is -0.108. The minimum Gasteiger partial charge on any atom is -0.321 e. The molecule has 0 aliphatic heterocycles. The van der Waals surface area contributed by atoms with Crippen molar-refractivity contribution >= 4 is 0 Å². The molecule has 2 N–H and O–H groups in total. The molecule has 64 valence electrons. The number of hydrogen-bond donors (Lipinski definition) is 1. The zero-order chi connectivity index (χ0) is 8.55. The average molecular weight is 164 g/mol. The summed E-state index contributed by atoms with van der Waals surface area (Å²) in [7, 11) is 0. The van der Waals surface area contributed by atoms with Crippen LogP contribution < -0.4 is 5.73 Å². The summed E-state index contributed by atoms with van der Waals surface area (Å²) < 4.78 is 0. The van der Waals surface area contributed by atoms with Gasteiger partial charge < -0.3 is 5.73 Å². The molecule has 0 radical (unpaired) electrons. The van der Waals surface area contributed by atoms with Crippen molar-refractivity contribution in [1.29, 1.82) is 0 Å². The van der Waals surface area contributed by atoms with Crippen molar-refractivity contribution in [2.75, 3.05) is 0 Å². The third-order valence-electron chi connectivity index (χ3n) is 2.09. The van der Waals surface area contributed by atoms with Gasteiger partial charge in [0.2, 0.25) is 0 Å². The molecule has 4 nitrogen and oxygen atoms in total. The Morgan fingerprint density at radius 2 is 2.00 bits per heavy atom. The van der Waals surface area contributed by atoms with Crippen LogP contribution in [0.5, 0.6) is 0 Å². The van der Waals surface area contributed by atoms with Gasteiger partial charge in [0.15, 0.2) is 5.82 Å². The number of nitrogens with two attached hydrogens (primary N) is 1. The Balaban J connectivity index is 2.39. The van der Waals surface area contributed by atoms with E-state index in [9.17, 15) is 0 Å². The van der Waals surface area contributed by atoms with Crippen LogP contribution in [-0.2, 0) is 12.8 Å². The van der Waals surface area contributed by atoms with Gasteiger partial charge in [-0.2, -0.15) is 5.10 Å². The van der Waals surface area contributed by atoms with Crippen LogP contribution in [-0.4, -0.2) is 15.2 Å². The van der Waals surface area contributed by atoms with E-state index in [1.54, 1.807) is 0 Å². The highest BCUT2D eigenvalue weighted by Gasteiger charge is 2.16. The number of aromatic nitrogens is 3. The predicted octanol–water partition coefficient (Wildman–Crippen LogP) is 0.380. The molecule has 1 aliphatic rings. The molecule has 0 bridgehead atoms. The van der Waals surface area contributed by atoms with Crippen molar-refractivity contribution in [2.24, 2.45) is 5.73 Å². The maximum absolute atomic E-state index is 5.64. The molecule has 0 amide bonds. The van der Waals surface area contributed by atoms with Gasteiger partial charge in [0.05, 0.1) is 17.4 Å². The fourth-order valence-corrected chi connectivity index (χ4v) is 1.41. The fourth-order valence-electron chi connectivity index (χ4n) is 1.41. The first-order valence-corrected chi connectivity index (χ1v) is 4.25. The second kappa shape index (κ2) is 2.79. The Kier molecular flexibility index (Phi) is 1.77. The minimum absolute atomic E-state index is 0.108. The maximum atomic E-state index is 5.64. The van der Waals surface area contributed by atoms with Crippen LogP contribution in [0, 0.1) is 0 Å². The molecule has 1 unspecified atom stereocenters. The standard InChI is InChI=1S/C8H12N4/c1-5(9)8-10-6-3-2-4-7(6)11-12-8/h5H,2-4,9H2,1H3. The van der Waals surface area contributed by atoms with Crippen molar-refractivity contribution < 1.29 is 0 Å². The van der Waals surface area contributed by atoms with Crippen molar-refractivity contribution in [1.82, 2.24) is 15.2 Å². The van der Waals surface area contributed by atoms with Crippen LogP contribution >= 0.6 is 0 Å². The highest BCUT2D eigenvalue weighted by molar-refractivity contribution is 5.16. The highest BCUT2D eigenvalue weighted by atomic mass is 15.2. The van der Waals surface area contributed by atoms with Crippen LogP contribution in [0.15, 0.2) is 0 Å². The second-order valence-electron chi connectivity index (χ2n) is 3.21. The van der Waals surface area contributed by atoms with Gasteiger partial charge in [0, 0.05) is 0 Å². The third kappa shape index (κ3) is 1.18. The van der Waals surface area contributed by atoms with Gasteiger partial charge in [-0.05, 0) is 26.2 Å². The predicted molar refractivity (Wildman–Crippen MR) is 44.5 cm³/mol. The molecule has 0 saturated carbocycles. The van der Waals surface area contributed by atoms with Gasteiger partial charge in [0.1, 0.15) is 0 Å². The van der Waals surface area contributed by atoms with Crippen LogP contribution in [0.2, 0.25) is 0 Å². The van der Waals surface area contributed by atoms with Crippen molar-refractivity contribution in [2.45, 2.75) is 32.2 Å². The van der Waals surface area contributed by atoms with E-state index in [0.717, 1.165) is 30.7 Å². The van der Waals surface area contributed by atoms with E-state index in [1.165, 1.54) is 0 Å². The maximum Gasteiger partial charge on any atom is 0.167 e. The number of hydrogen-bond acceptors (Lipinski definition) is 4. The summed E-state index contributed by atoms with van der Waals surface area (Å²) in [6.45, 7) is 1.87. The summed E-state index contributed by atoms with van der Waals surface area (Å²) in [5.74, 6) is 0.663. The van der Waals surface area contributed by atoms with Gasteiger partial charge >= 0.3 is 0 Å². The van der Waals surface area contributed by atoms with E-state index in [0.29, 0.717) is 5.82 Å². The SMILES string of the molecule is CC(N)c1nnc2c(n1)CCC2. The number of rotatable bonds is 1. The van der Waals surface area contributed by atoms with E-state index in [2.05, 4.69) is 15.2 Å². The Morgan fingerprint density at radius 3 is 2.75 bits per heavy atom. The molecular weight excluding hydrogens is 152 g/mol. The van der Waals surface area contributed by atoms with Gasteiger partial charge in [-0.1, -0.05) is 0 Å². The Morgan fingerprint density at radius 1 is 1.25 bits per heavy atom. The Bertz CT molecular complexity index is 295. The van der Waals surface area contributed by atoms with E-state index >= 15 is 0 Å². The molecule has 1 heterocycles. The molecule has 1 aliphatic carbocycles. The molecule has 1 aromatic heterocycles. The van der Waals surface area contributed by atoms with Crippen LogP contribution in [0.4, 0.5) is 0 Å². The summed E-state index contributed by atoms with van der Waals surface area (Å²) in [5.41, 5.74) is 7.79. The molecule has 0 aromatic carbocycles. The zero-order valence-electron chi connectivity index (χ0n) is 7.12. The lowest BCUT2D eigenvalue weighted by atomic mass is 10.3. The highest BCUT2D eigenvalue weighted by Crippen LogP contribution is 2.17. The van der Waals surface area contributed by atoms with Crippen LogP contribution in [0.1, 0.15) is 36.6 Å². The van der Waals surface area contributed by atoms with Crippen LogP contribution in [0.25, 0.3) is 0 Å². The average Bonchev–Trinajstić information content (AvgIpc) is 2.49. The molecule has 0 spiro atoms. The first-order valence-electron chi connectivity index (χ1n) is 4.25. The van der Waals surface area contributed by atoms with Crippen LogP contribution in [0.3, 0.4) is 0 Å². The molecule has 12 heavy (non-hydrogen) atoms. The van der Waals surface area contributed by atoms with Crippen molar-refractivity contribution in [3.05, 3.63) is 17.2 Å². The minimum atomic E-state index is -0.108. The normalized spacial score (nSPS) is 17.5. The number of nitrogens with zero attached hydrogens (tertiary/aromatic N) is 3. The number of fused-ring (bicyclic) bond motifs is 1. The summed E-state index contributed by atoms with van der Waals surface area (Å²) in [6.07, 6.45) is 3.21. The largest absolute Gasteiger partial charge is 0.321 e. The first-order chi connectivity index (χ1) is 5.77. The van der Waals surface area contributed by atoms with Gasteiger partial charge in [-0.3, -0.25) is 0 Å². The molecule has 1 atom stereocenters. The molecule has 1 aromatic rings. The Hall–Kier alpha value is -1.03. The second-order valence-corrected chi connectivity index (χ2v) is 3.21. The van der Waals surface area contributed by atoms with Crippen molar-refractivity contribution in [3.63, 3.8) is 0 Å². The first kappa shape index (κ1) is 7.61. The molecule has 0 fully saturated rings. The lowest BCUT2D eigenvalue weighted by Crippen LogP contribution is -2.12. The summed E-state index contributed by atoms with van der Waals surface area (Å²) in [4.78, 5) is 4.35. The zero-order valence-corrected chi connectivity index (χ0v) is 7.12. The molecule has 2 rings (SSSR count). The fraction of sp³-hybridized carbons (Fsp3) is 0.625. The van der Waals surface area contributed by atoms with E-state index < -0.39 is 0 Å².